The van der Waals surface area contributed by atoms with Gasteiger partial charge in [0.05, 0.1) is 7.11 Å². The Kier molecular flexibility index (Phi) is 2.46. The summed E-state index contributed by atoms with van der Waals surface area (Å²) >= 11 is 0. The number of aryl methyl sites for hydroxylation is 1. The van der Waals surface area contributed by atoms with E-state index in [0.717, 1.165) is 28.3 Å². The molecule has 0 unspecified atom stereocenters. The highest BCUT2D eigenvalue weighted by molar-refractivity contribution is 5.63. The van der Waals surface area contributed by atoms with Crippen molar-refractivity contribution in [1.82, 2.24) is 5.16 Å². The molecule has 0 spiro atoms. The van der Waals surface area contributed by atoms with Crippen LogP contribution in [0.1, 0.15) is 11.3 Å². The molecular weight excluding hydrogens is 190 g/mol. The third kappa shape index (κ3) is 1.73. The van der Waals surface area contributed by atoms with E-state index in [-0.39, 0.29) is 0 Å². The summed E-state index contributed by atoms with van der Waals surface area (Å²) in [5.41, 5.74) is 3.03. The van der Waals surface area contributed by atoms with Crippen molar-refractivity contribution >= 4 is 0 Å². The van der Waals surface area contributed by atoms with Gasteiger partial charge in [0, 0.05) is 11.1 Å². The van der Waals surface area contributed by atoms with Crippen LogP contribution in [0.25, 0.3) is 11.3 Å². The van der Waals surface area contributed by atoms with Gasteiger partial charge in [-0.3, -0.25) is 0 Å². The number of hydrogen-bond acceptors (Lipinski definition) is 3. The fourth-order valence-electron chi connectivity index (χ4n) is 1.44. The number of methoxy groups -OCH3 is 1. The Bertz CT molecular complexity index is 457. The molecule has 0 amide bonds. The van der Waals surface area contributed by atoms with Crippen molar-refractivity contribution in [2.24, 2.45) is 0 Å². The van der Waals surface area contributed by atoms with E-state index in [1.807, 2.05) is 38.1 Å². The maximum Gasteiger partial charge on any atom is 0.137 e. The lowest BCUT2D eigenvalue weighted by Crippen LogP contribution is -1.84. The molecule has 0 N–H and O–H groups in total. The standard InChI is InChI=1S/C12H13NO2/c1-8-9(2)15-13-12(8)10-4-6-11(14-3)7-5-10/h4-7H,1-3H3. The Hall–Kier alpha value is -1.77. The Morgan fingerprint density at radius 1 is 1.13 bits per heavy atom. The predicted octanol–water partition coefficient (Wildman–Crippen LogP) is 2.97. The second-order valence-corrected chi connectivity index (χ2v) is 3.44. The zero-order valence-electron chi connectivity index (χ0n) is 9.07. The highest BCUT2D eigenvalue weighted by Gasteiger charge is 2.09. The summed E-state index contributed by atoms with van der Waals surface area (Å²) in [6, 6.07) is 7.78. The van der Waals surface area contributed by atoms with E-state index >= 15 is 0 Å². The van der Waals surface area contributed by atoms with Crippen LogP contribution in [0.2, 0.25) is 0 Å². The minimum Gasteiger partial charge on any atom is -0.497 e. The van der Waals surface area contributed by atoms with E-state index in [1.165, 1.54) is 0 Å². The molecule has 3 nitrogen and oxygen atoms in total. The number of hydrogen-bond donors (Lipinski definition) is 0. The number of benzene rings is 1. The van der Waals surface area contributed by atoms with Gasteiger partial charge in [-0.25, -0.2) is 0 Å². The van der Waals surface area contributed by atoms with Crippen LogP contribution in [-0.2, 0) is 0 Å². The first kappa shape index (κ1) is 9.77. The van der Waals surface area contributed by atoms with Crippen molar-refractivity contribution in [3.8, 4) is 17.0 Å². The first-order valence-corrected chi connectivity index (χ1v) is 4.79. The summed E-state index contributed by atoms with van der Waals surface area (Å²) in [6.45, 7) is 3.92. The van der Waals surface area contributed by atoms with Gasteiger partial charge in [-0.2, -0.15) is 0 Å². The third-order valence-corrected chi connectivity index (χ3v) is 2.52. The Morgan fingerprint density at radius 3 is 2.27 bits per heavy atom. The minimum atomic E-state index is 0.844. The molecule has 2 aromatic rings. The van der Waals surface area contributed by atoms with Crippen LogP contribution in [0, 0.1) is 13.8 Å². The van der Waals surface area contributed by atoms with Crippen molar-refractivity contribution in [3.05, 3.63) is 35.6 Å². The van der Waals surface area contributed by atoms with Crippen LogP contribution < -0.4 is 4.74 Å². The molecule has 2 rings (SSSR count). The fraction of sp³-hybridized carbons (Fsp3) is 0.250. The number of aromatic nitrogens is 1. The summed E-state index contributed by atoms with van der Waals surface area (Å²) in [5, 5.41) is 4.03. The molecule has 0 aliphatic heterocycles. The lowest BCUT2D eigenvalue weighted by atomic mass is 10.1. The lowest BCUT2D eigenvalue weighted by Gasteiger charge is -2.00. The molecule has 0 saturated heterocycles. The van der Waals surface area contributed by atoms with E-state index in [9.17, 15) is 0 Å². The highest BCUT2D eigenvalue weighted by Crippen LogP contribution is 2.25. The summed E-state index contributed by atoms with van der Waals surface area (Å²) in [5.74, 6) is 1.71. The average Bonchev–Trinajstić information content (AvgIpc) is 2.60. The zero-order valence-corrected chi connectivity index (χ0v) is 9.07. The van der Waals surface area contributed by atoms with Crippen molar-refractivity contribution in [1.29, 1.82) is 0 Å². The second-order valence-electron chi connectivity index (χ2n) is 3.44. The van der Waals surface area contributed by atoms with Crippen LogP contribution in [-0.4, -0.2) is 12.3 Å². The van der Waals surface area contributed by atoms with Gasteiger partial charge in [-0.05, 0) is 38.1 Å². The van der Waals surface area contributed by atoms with E-state index in [0.29, 0.717) is 0 Å². The van der Waals surface area contributed by atoms with Crippen LogP contribution in [0.15, 0.2) is 28.8 Å². The summed E-state index contributed by atoms with van der Waals surface area (Å²) < 4.78 is 10.2. The van der Waals surface area contributed by atoms with Gasteiger partial charge in [0.2, 0.25) is 0 Å². The largest absolute Gasteiger partial charge is 0.497 e. The molecule has 0 aliphatic carbocycles. The van der Waals surface area contributed by atoms with Crippen LogP contribution in [0.3, 0.4) is 0 Å². The van der Waals surface area contributed by atoms with Gasteiger partial charge in [0.1, 0.15) is 17.2 Å². The normalized spacial score (nSPS) is 10.3. The monoisotopic (exact) mass is 203 g/mol. The molecule has 0 saturated carbocycles. The quantitative estimate of drug-likeness (QED) is 0.752. The molecule has 78 valence electrons. The van der Waals surface area contributed by atoms with Crippen LogP contribution in [0.4, 0.5) is 0 Å². The zero-order chi connectivity index (χ0) is 10.8. The van der Waals surface area contributed by atoms with Gasteiger partial charge >= 0.3 is 0 Å². The van der Waals surface area contributed by atoms with Crippen molar-refractivity contribution < 1.29 is 9.26 Å². The predicted molar refractivity (Wildman–Crippen MR) is 58.0 cm³/mol. The SMILES string of the molecule is COc1ccc(-c2noc(C)c2C)cc1. The van der Waals surface area contributed by atoms with Crippen molar-refractivity contribution in [2.45, 2.75) is 13.8 Å². The van der Waals surface area contributed by atoms with Gasteiger partial charge in [0.25, 0.3) is 0 Å². The number of ether oxygens (including phenoxy) is 1. The smallest absolute Gasteiger partial charge is 0.137 e. The molecular formula is C12H13NO2. The highest BCUT2D eigenvalue weighted by atomic mass is 16.5. The molecule has 0 radical (unpaired) electrons. The molecule has 1 heterocycles. The van der Waals surface area contributed by atoms with Gasteiger partial charge in [-0.1, -0.05) is 5.16 Å². The number of nitrogens with zero attached hydrogens (tertiary/aromatic N) is 1. The molecule has 1 aromatic heterocycles. The Labute approximate surface area is 88.7 Å². The first-order valence-electron chi connectivity index (χ1n) is 4.79. The number of rotatable bonds is 2. The molecule has 0 bridgehead atoms. The van der Waals surface area contributed by atoms with Crippen LogP contribution >= 0.6 is 0 Å². The van der Waals surface area contributed by atoms with Crippen molar-refractivity contribution in [2.75, 3.05) is 7.11 Å². The second kappa shape index (κ2) is 3.77. The third-order valence-electron chi connectivity index (χ3n) is 2.52. The van der Waals surface area contributed by atoms with Gasteiger partial charge in [-0.15, -0.1) is 0 Å². The molecule has 3 heteroatoms. The fourth-order valence-corrected chi connectivity index (χ4v) is 1.44. The maximum atomic E-state index is 5.13. The van der Waals surface area contributed by atoms with E-state index in [2.05, 4.69) is 5.16 Å². The molecule has 0 atom stereocenters. The van der Waals surface area contributed by atoms with E-state index in [4.69, 9.17) is 9.26 Å². The average molecular weight is 203 g/mol. The maximum absolute atomic E-state index is 5.13. The van der Waals surface area contributed by atoms with Gasteiger partial charge < -0.3 is 9.26 Å². The van der Waals surface area contributed by atoms with E-state index < -0.39 is 0 Å². The first-order chi connectivity index (χ1) is 7.22. The lowest BCUT2D eigenvalue weighted by molar-refractivity contribution is 0.398. The summed E-state index contributed by atoms with van der Waals surface area (Å²) in [6.07, 6.45) is 0. The van der Waals surface area contributed by atoms with Crippen molar-refractivity contribution in [3.63, 3.8) is 0 Å². The molecule has 0 aliphatic rings. The molecule has 1 aromatic carbocycles. The topological polar surface area (TPSA) is 35.3 Å². The molecule has 0 fully saturated rings. The Morgan fingerprint density at radius 2 is 1.80 bits per heavy atom. The van der Waals surface area contributed by atoms with Gasteiger partial charge in [0.15, 0.2) is 0 Å². The summed E-state index contributed by atoms with van der Waals surface area (Å²) in [4.78, 5) is 0. The van der Waals surface area contributed by atoms with E-state index in [1.54, 1.807) is 7.11 Å². The van der Waals surface area contributed by atoms with Crippen LogP contribution in [0.5, 0.6) is 5.75 Å². The summed E-state index contributed by atoms with van der Waals surface area (Å²) in [7, 11) is 1.65. The minimum absolute atomic E-state index is 0.844. The molecule has 15 heavy (non-hydrogen) atoms. The Balaban J connectivity index is 2.41.